The molecule has 0 saturated carbocycles. The molecule has 0 bridgehead atoms. The number of hydrogen-bond acceptors (Lipinski definition) is 4. The van der Waals surface area contributed by atoms with Crippen molar-refractivity contribution in [2.45, 2.75) is 12.7 Å². The summed E-state index contributed by atoms with van der Waals surface area (Å²) in [6, 6.07) is 13.1. The smallest absolute Gasteiger partial charge is 0.0796 e. The van der Waals surface area contributed by atoms with Gasteiger partial charge in [0, 0.05) is 35.0 Å². The van der Waals surface area contributed by atoms with Gasteiger partial charge in [0.05, 0.1) is 10.7 Å². The van der Waals surface area contributed by atoms with E-state index in [2.05, 4.69) is 9.97 Å². The van der Waals surface area contributed by atoms with Crippen LogP contribution in [0.3, 0.4) is 0 Å². The molecule has 0 fully saturated rings. The topological polar surface area (TPSA) is 65.9 Å². The Hall–Kier alpha value is -2.08. The fourth-order valence-corrected chi connectivity index (χ4v) is 3.04. The highest BCUT2D eigenvalue weighted by molar-refractivity contribution is 7.78. The number of nitrogens with zero attached hydrogens (tertiary/aromatic N) is 2. The lowest BCUT2D eigenvalue weighted by molar-refractivity contribution is 0.536. The summed E-state index contributed by atoms with van der Waals surface area (Å²) in [6.07, 6.45) is 3.39. The van der Waals surface area contributed by atoms with Gasteiger partial charge in [-0.05, 0) is 36.2 Å². The molecule has 1 atom stereocenters. The normalized spacial score (nSPS) is 12.1. The number of rotatable bonds is 4. The van der Waals surface area contributed by atoms with Crippen LogP contribution in [0, 0.1) is 6.92 Å². The third kappa shape index (κ3) is 3.87. The second kappa shape index (κ2) is 7.21. The van der Waals surface area contributed by atoms with Crippen molar-refractivity contribution in [3.8, 4) is 22.4 Å². The first-order chi connectivity index (χ1) is 11.5. The molecular weight excluding hydrogens is 344 g/mol. The highest BCUT2D eigenvalue weighted by Gasteiger charge is 2.10. The molecule has 0 aliphatic rings. The summed E-state index contributed by atoms with van der Waals surface area (Å²) in [4.78, 5) is 8.77. The number of pyridine rings is 2. The number of hydrogen-bond donors (Lipinski definition) is 0. The molecule has 0 aliphatic carbocycles. The van der Waals surface area contributed by atoms with Crippen molar-refractivity contribution in [1.82, 2.24) is 9.97 Å². The van der Waals surface area contributed by atoms with Crippen LogP contribution in [0.1, 0.15) is 11.3 Å². The molecule has 2 heterocycles. The highest BCUT2D eigenvalue weighted by Crippen LogP contribution is 2.32. The number of aryl methyl sites for hydroxylation is 1. The zero-order valence-electron chi connectivity index (χ0n) is 12.9. The van der Waals surface area contributed by atoms with Crippen LogP contribution < -0.4 is 0 Å². The van der Waals surface area contributed by atoms with Gasteiger partial charge in [-0.25, -0.2) is 0 Å². The van der Waals surface area contributed by atoms with Crippen molar-refractivity contribution in [3.05, 3.63) is 71.1 Å². The summed E-state index contributed by atoms with van der Waals surface area (Å²) < 4.78 is 21.6. The second-order valence-corrected chi connectivity index (χ2v) is 6.72. The maximum atomic E-state index is 10.8. The fourth-order valence-electron chi connectivity index (χ4n) is 2.41. The molecule has 3 aromatic rings. The van der Waals surface area contributed by atoms with Gasteiger partial charge in [0.25, 0.3) is 0 Å². The van der Waals surface area contributed by atoms with Crippen LogP contribution in [0.25, 0.3) is 22.4 Å². The summed E-state index contributed by atoms with van der Waals surface area (Å²) in [6.45, 7) is 1.93. The zero-order chi connectivity index (χ0) is 17.1. The van der Waals surface area contributed by atoms with E-state index in [0.29, 0.717) is 5.02 Å². The lowest BCUT2D eigenvalue weighted by Gasteiger charge is -2.11. The predicted octanol–water partition coefficient (Wildman–Crippen LogP) is 4.15. The van der Waals surface area contributed by atoms with Crippen molar-refractivity contribution >= 4 is 22.7 Å². The Kier molecular flexibility index (Phi) is 5.04. The van der Waals surface area contributed by atoms with E-state index in [1.54, 1.807) is 24.5 Å². The van der Waals surface area contributed by atoms with Crippen LogP contribution in [0.15, 0.2) is 54.9 Å². The Morgan fingerprint density at radius 3 is 2.38 bits per heavy atom. The Morgan fingerprint density at radius 1 is 1.04 bits per heavy atom. The van der Waals surface area contributed by atoms with Gasteiger partial charge in [-0.15, -0.1) is 0 Å². The first kappa shape index (κ1) is 16.8. The van der Waals surface area contributed by atoms with Gasteiger partial charge < -0.3 is 4.55 Å². The van der Waals surface area contributed by atoms with Crippen LogP contribution in [-0.4, -0.2) is 18.7 Å². The molecule has 0 amide bonds. The summed E-state index contributed by atoms with van der Waals surface area (Å²) in [5, 5.41) is 0.540. The average Bonchev–Trinajstić information content (AvgIpc) is 2.56. The molecule has 0 N–H and O–H groups in total. The molecule has 3 rings (SSSR count). The zero-order valence-corrected chi connectivity index (χ0v) is 14.5. The number of halogens is 1. The number of benzene rings is 1. The second-order valence-electron chi connectivity index (χ2n) is 5.38. The van der Waals surface area contributed by atoms with Crippen LogP contribution >= 0.6 is 11.6 Å². The van der Waals surface area contributed by atoms with Crippen molar-refractivity contribution in [2.24, 2.45) is 0 Å². The summed E-state index contributed by atoms with van der Waals surface area (Å²) in [5.41, 5.74) is 5.15. The Labute approximate surface area is 147 Å². The molecular formula is C18H14ClN2O2S-. The van der Waals surface area contributed by atoms with Gasteiger partial charge in [-0.2, -0.15) is 0 Å². The maximum absolute atomic E-state index is 10.8. The minimum absolute atomic E-state index is 0.00279. The molecule has 24 heavy (non-hydrogen) atoms. The third-order valence-corrected chi connectivity index (χ3v) is 4.36. The molecule has 2 aromatic heterocycles. The van der Waals surface area contributed by atoms with Gasteiger partial charge >= 0.3 is 0 Å². The van der Waals surface area contributed by atoms with Crippen molar-refractivity contribution < 1.29 is 8.76 Å². The summed E-state index contributed by atoms with van der Waals surface area (Å²) in [7, 11) is 0. The lowest BCUT2D eigenvalue weighted by atomic mass is 9.99. The minimum atomic E-state index is -2.10. The van der Waals surface area contributed by atoms with Crippen LogP contribution in [0.4, 0.5) is 0 Å². The average molecular weight is 358 g/mol. The minimum Gasteiger partial charge on any atom is -0.772 e. The quantitative estimate of drug-likeness (QED) is 0.658. The molecule has 0 spiro atoms. The standard InChI is InChI=1S/C18H15ClN2O2S/c1-12-2-5-15(9-20-12)18-17(8-16(19)10-21-18)14-6-3-13(4-7-14)11-24(22)23/h2-10H,11H2,1H3,(H,22,23)/p-1. The predicted molar refractivity (Wildman–Crippen MR) is 95.3 cm³/mol. The van der Waals surface area contributed by atoms with E-state index in [4.69, 9.17) is 11.6 Å². The van der Waals surface area contributed by atoms with E-state index in [-0.39, 0.29) is 5.75 Å². The molecule has 1 aromatic carbocycles. The molecule has 4 nitrogen and oxygen atoms in total. The van der Waals surface area contributed by atoms with E-state index in [1.165, 1.54) is 0 Å². The molecule has 0 radical (unpaired) electrons. The van der Waals surface area contributed by atoms with Gasteiger partial charge in [-0.3, -0.25) is 14.2 Å². The molecule has 122 valence electrons. The molecule has 1 unspecified atom stereocenters. The van der Waals surface area contributed by atoms with Gasteiger partial charge in [0.15, 0.2) is 0 Å². The number of aromatic nitrogens is 2. The third-order valence-electron chi connectivity index (χ3n) is 3.59. The van der Waals surface area contributed by atoms with E-state index in [1.807, 2.05) is 37.3 Å². The van der Waals surface area contributed by atoms with Crippen molar-refractivity contribution in [3.63, 3.8) is 0 Å². The van der Waals surface area contributed by atoms with E-state index < -0.39 is 11.1 Å². The van der Waals surface area contributed by atoms with Crippen LogP contribution in [-0.2, 0) is 16.8 Å². The fraction of sp³-hybridized carbons (Fsp3) is 0.111. The van der Waals surface area contributed by atoms with Gasteiger partial charge in [0.1, 0.15) is 0 Å². The van der Waals surface area contributed by atoms with E-state index in [0.717, 1.165) is 33.6 Å². The van der Waals surface area contributed by atoms with Crippen LogP contribution in [0.5, 0.6) is 0 Å². The van der Waals surface area contributed by atoms with E-state index in [9.17, 15) is 8.76 Å². The Bertz CT molecular complexity index is 881. The molecule has 0 aliphatic heterocycles. The van der Waals surface area contributed by atoms with Crippen molar-refractivity contribution in [1.29, 1.82) is 0 Å². The highest BCUT2D eigenvalue weighted by atomic mass is 35.5. The lowest BCUT2D eigenvalue weighted by Crippen LogP contribution is -1.94. The van der Waals surface area contributed by atoms with Crippen LogP contribution in [0.2, 0.25) is 5.02 Å². The SMILES string of the molecule is Cc1ccc(-c2ncc(Cl)cc2-c2ccc(CS(=O)[O-])cc2)cn1. The largest absolute Gasteiger partial charge is 0.772 e. The van der Waals surface area contributed by atoms with Gasteiger partial charge in [-0.1, -0.05) is 46.9 Å². The monoisotopic (exact) mass is 357 g/mol. The first-order valence-electron chi connectivity index (χ1n) is 7.26. The Balaban J connectivity index is 2.05. The molecule has 6 heteroatoms. The Morgan fingerprint density at radius 2 is 1.75 bits per heavy atom. The summed E-state index contributed by atoms with van der Waals surface area (Å²) >= 11 is 4.02. The van der Waals surface area contributed by atoms with Gasteiger partial charge in [0.2, 0.25) is 0 Å². The first-order valence-corrected chi connectivity index (χ1v) is 8.89. The summed E-state index contributed by atoms with van der Waals surface area (Å²) in [5.74, 6) is 0.00279. The van der Waals surface area contributed by atoms with E-state index >= 15 is 0 Å². The molecule has 0 saturated heterocycles. The maximum Gasteiger partial charge on any atom is 0.0796 e. The van der Waals surface area contributed by atoms with Crippen molar-refractivity contribution in [2.75, 3.05) is 0 Å².